The van der Waals surface area contributed by atoms with Crippen molar-refractivity contribution in [2.24, 2.45) is 0 Å². The van der Waals surface area contributed by atoms with Crippen LogP contribution in [0.3, 0.4) is 0 Å². The van der Waals surface area contributed by atoms with Crippen molar-refractivity contribution in [2.45, 2.75) is 32.4 Å². The highest BCUT2D eigenvalue weighted by Gasteiger charge is 2.21. The van der Waals surface area contributed by atoms with Gasteiger partial charge in [-0.25, -0.2) is 0 Å². The normalized spacial score (nSPS) is 11.9. The van der Waals surface area contributed by atoms with Gasteiger partial charge in [0.1, 0.15) is 0 Å². The third-order valence-corrected chi connectivity index (χ3v) is 4.55. The van der Waals surface area contributed by atoms with Gasteiger partial charge in [0, 0.05) is 33.0 Å². The van der Waals surface area contributed by atoms with Crippen molar-refractivity contribution in [3.63, 3.8) is 0 Å². The molecule has 6 heteroatoms. The Bertz CT molecular complexity index is 865. The van der Waals surface area contributed by atoms with E-state index in [0.29, 0.717) is 37.7 Å². The van der Waals surface area contributed by atoms with Crippen molar-refractivity contribution >= 4 is 5.91 Å². The molecule has 0 N–H and O–H groups in total. The van der Waals surface area contributed by atoms with Gasteiger partial charge in [-0.3, -0.25) is 4.79 Å². The Morgan fingerprint density at radius 1 is 1.07 bits per heavy atom. The Kier molecular flexibility index (Phi) is 6.92. The Morgan fingerprint density at radius 2 is 1.75 bits per heavy atom. The van der Waals surface area contributed by atoms with Gasteiger partial charge in [-0.15, -0.1) is 10.2 Å². The number of carbonyl (C=O) groups is 1. The van der Waals surface area contributed by atoms with Gasteiger partial charge in [0.05, 0.1) is 0 Å². The van der Waals surface area contributed by atoms with Crippen LogP contribution in [-0.2, 0) is 22.5 Å². The zero-order valence-corrected chi connectivity index (χ0v) is 16.2. The Balaban J connectivity index is 1.59. The quantitative estimate of drug-likeness (QED) is 0.566. The number of aryl methyl sites for hydroxylation is 1. The first-order valence-corrected chi connectivity index (χ1v) is 9.43. The monoisotopic (exact) mass is 379 g/mol. The molecule has 1 atom stereocenters. The van der Waals surface area contributed by atoms with Gasteiger partial charge in [-0.1, -0.05) is 60.7 Å². The molecule has 0 spiro atoms. The second kappa shape index (κ2) is 9.80. The Labute approximate surface area is 165 Å². The van der Waals surface area contributed by atoms with E-state index < -0.39 is 6.10 Å². The van der Waals surface area contributed by atoms with E-state index in [2.05, 4.69) is 10.2 Å². The number of amides is 1. The Morgan fingerprint density at radius 3 is 2.39 bits per heavy atom. The molecule has 0 aliphatic carbocycles. The number of benzene rings is 2. The van der Waals surface area contributed by atoms with Gasteiger partial charge in [-0.2, -0.15) is 0 Å². The summed E-state index contributed by atoms with van der Waals surface area (Å²) in [6.45, 7) is 3.24. The summed E-state index contributed by atoms with van der Waals surface area (Å²) in [4.78, 5) is 14.4. The molecular weight excluding hydrogens is 354 g/mol. The third-order valence-electron chi connectivity index (χ3n) is 4.55. The van der Waals surface area contributed by atoms with Crippen LogP contribution < -0.4 is 0 Å². The molecule has 1 aromatic heterocycles. The highest BCUT2D eigenvalue weighted by molar-refractivity contribution is 5.76. The summed E-state index contributed by atoms with van der Waals surface area (Å²) in [7, 11) is 1.60. The first kappa shape index (κ1) is 19.8. The van der Waals surface area contributed by atoms with Crippen LogP contribution in [0.5, 0.6) is 0 Å². The molecule has 0 fully saturated rings. The average molecular weight is 379 g/mol. The number of carbonyl (C=O) groups excluding carboxylic acids is 1. The SMILES string of the molecule is CCN(Cc1ccccc1)C(=O)CCc1nnc(C(OC)c2ccccc2)o1. The van der Waals surface area contributed by atoms with Crippen molar-refractivity contribution in [2.75, 3.05) is 13.7 Å². The molecule has 146 valence electrons. The molecule has 1 heterocycles. The average Bonchev–Trinajstić information content (AvgIpc) is 3.21. The van der Waals surface area contributed by atoms with Crippen LogP contribution in [0.1, 0.15) is 42.4 Å². The molecule has 2 aromatic carbocycles. The molecule has 0 bridgehead atoms. The van der Waals surface area contributed by atoms with E-state index >= 15 is 0 Å². The van der Waals surface area contributed by atoms with Gasteiger partial charge in [0.15, 0.2) is 6.10 Å². The maximum absolute atomic E-state index is 12.6. The number of aromatic nitrogens is 2. The number of hydrogen-bond acceptors (Lipinski definition) is 5. The molecule has 0 saturated carbocycles. The minimum atomic E-state index is -0.414. The molecule has 3 aromatic rings. The fourth-order valence-electron chi connectivity index (χ4n) is 3.03. The molecule has 0 aliphatic rings. The standard InChI is InChI=1S/C22H25N3O3/c1-3-25(16-17-10-6-4-7-11-17)20(26)15-14-19-23-24-22(28-19)21(27-2)18-12-8-5-9-13-18/h4-13,21H,3,14-16H2,1-2H3. The van der Waals surface area contributed by atoms with E-state index in [-0.39, 0.29) is 5.91 Å². The minimum Gasteiger partial charge on any atom is -0.422 e. The van der Waals surface area contributed by atoms with Crippen molar-refractivity contribution in [3.05, 3.63) is 83.6 Å². The third kappa shape index (κ3) is 5.04. The summed E-state index contributed by atoms with van der Waals surface area (Å²) in [6, 6.07) is 19.7. The summed E-state index contributed by atoms with van der Waals surface area (Å²) in [5.41, 5.74) is 2.06. The maximum Gasteiger partial charge on any atom is 0.249 e. The van der Waals surface area contributed by atoms with Crippen LogP contribution in [0.4, 0.5) is 0 Å². The molecule has 6 nitrogen and oxygen atoms in total. The summed E-state index contributed by atoms with van der Waals surface area (Å²) in [5.74, 6) is 0.905. The lowest BCUT2D eigenvalue weighted by Crippen LogP contribution is -2.30. The number of methoxy groups -OCH3 is 1. The van der Waals surface area contributed by atoms with Crippen LogP contribution in [0.15, 0.2) is 65.1 Å². The van der Waals surface area contributed by atoms with E-state index in [1.54, 1.807) is 7.11 Å². The molecule has 0 radical (unpaired) electrons. The summed E-state index contributed by atoms with van der Waals surface area (Å²) in [6.07, 6.45) is 0.316. The molecule has 3 rings (SSSR count). The largest absolute Gasteiger partial charge is 0.422 e. The predicted molar refractivity (Wildman–Crippen MR) is 105 cm³/mol. The number of nitrogens with zero attached hydrogens (tertiary/aromatic N) is 3. The number of rotatable bonds is 9. The van der Waals surface area contributed by atoms with Crippen LogP contribution in [0, 0.1) is 0 Å². The fraction of sp³-hybridized carbons (Fsp3) is 0.318. The van der Waals surface area contributed by atoms with E-state index in [1.165, 1.54) is 0 Å². The zero-order valence-electron chi connectivity index (χ0n) is 16.2. The summed E-state index contributed by atoms with van der Waals surface area (Å²) in [5, 5.41) is 8.19. The lowest BCUT2D eigenvalue weighted by atomic mass is 10.1. The van der Waals surface area contributed by atoms with Gasteiger partial charge >= 0.3 is 0 Å². The first-order chi connectivity index (χ1) is 13.7. The smallest absolute Gasteiger partial charge is 0.249 e. The maximum atomic E-state index is 12.6. The second-order valence-electron chi connectivity index (χ2n) is 6.45. The van der Waals surface area contributed by atoms with Crippen LogP contribution in [-0.4, -0.2) is 34.7 Å². The molecular formula is C22H25N3O3. The van der Waals surface area contributed by atoms with Crippen LogP contribution in [0.2, 0.25) is 0 Å². The van der Waals surface area contributed by atoms with E-state index in [9.17, 15) is 4.79 Å². The molecule has 0 saturated heterocycles. The van der Waals surface area contributed by atoms with Crippen LogP contribution >= 0.6 is 0 Å². The van der Waals surface area contributed by atoms with Crippen molar-refractivity contribution < 1.29 is 13.9 Å². The summed E-state index contributed by atoms with van der Waals surface area (Å²) >= 11 is 0. The van der Waals surface area contributed by atoms with E-state index in [1.807, 2.05) is 72.5 Å². The van der Waals surface area contributed by atoms with Crippen molar-refractivity contribution in [1.82, 2.24) is 15.1 Å². The molecule has 1 amide bonds. The van der Waals surface area contributed by atoms with Crippen molar-refractivity contribution in [1.29, 1.82) is 0 Å². The zero-order chi connectivity index (χ0) is 19.8. The molecule has 28 heavy (non-hydrogen) atoms. The summed E-state index contributed by atoms with van der Waals surface area (Å²) < 4.78 is 11.3. The molecule has 1 unspecified atom stereocenters. The number of ether oxygens (including phenoxy) is 1. The molecule has 0 aliphatic heterocycles. The first-order valence-electron chi connectivity index (χ1n) is 9.43. The lowest BCUT2D eigenvalue weighted by molar-refractivity contribution is -0.131. The van der Waals surface area contributed by atoms with Gasteiger partial charge in [-0.05, 0) is 18.1 Å². The lowest BCUT2D eigenvalue weighted by Gasteiger charge is -2.20. The highest BCUT2D eigenvalue weighted by atomic mass is 16.5. The van der Waals surface area contributed by atoms with Crippen molar-refractivity contribution in [3.8, 4) is 0 Å². The van der Waals surface area contributed by atoms with Gasteiger partial charge in [0.2, 0.25) is 17.7 Å². The van der Waals surface area contributed by atoms with E-state index in [4.69, 9.17) is 9.15 Å². The Hall–Kier alpha value is -2.99. The van der Waals surface area contributed by atoms with Crippen LogP contribution in [0.25, 0.3) is 0 Å². The van der Waals surface area contributed by atoms with Gasteiger partial charge < -0.3 is 14.1 Å². The minimum absolute atomic E-state index is 0.0671. The van der Waals surface area contributed by atoms with Gasteiger partial charge in [0.25, 0.3) is 0 Å². The number of hydrogen-bond donors (Lipinski definition) is 0. The topological polar surface area (TPSA) is 68.5 Å². The van der Waals surface area contributed by atoms with E-state index in [0.717, 1.165) is 11.1 Å². The predicted octanol–water partition coefficient (Wildman–Crippen LogP) is 3.79. The highest BCUT2D eigenvalue weighted by Crippen LogP contribution is 2.24. The second-order valence-corrected chi connectivity index (χ2v) is 6.45. The fourth-order valence-corrected chi connectivity index (χ4v) is 3.03.